The minimum Gasteiger partial charge on any atom is -0.478 e. The number of ether oxygens (including phenoxy) is 7. The van der Waals surface area contributed by atoms with Crippen LogP contribution in [0.15, 0.2) is 98.6 Å². The van der Waals surface area contributed by atoms with Gasteiger partial charge in [0.25, 0.3) is 17.1 Å². The number of hydrogen-bond donors (Lipinski definition) is 4. The Kier molecular flexibility index (Phi) is 29.1. The van der Waals surface area contributed by atoms with Crippen LogP contribution < -0.4 is 10.6 Å². The van der Waals surface area contributed by atoms with Crippen molar-refractivity contribution in [3.8, 4) is 0 Å². The van der Waals surface area contributed by atoms with Gasteiger partial charge in [0.05, 0.1) is 62.8 Å². The van der Waals surface area contributed by atoms with Crippen LogP contribution in [0.4, 0.5) is 14.4 Å². The van der Waals surface area contributed by atoms with Gasteiger partial charge in [-0.05, 0) is 106 Å². The molecule has 4 aromatic rings. The standard InChI is InChI=1S/C22H29N3O7S.C17H21N3O5S.C8H6ClNO3.C8H7NO4/c1-6-9-31-20(28)25-13-16(33-21(29)32-22(2,3)4)10-15(25)12-24-18(26)14-7-8-17(23-11-14)19(27)30-5;1-3-6-25-17(23)20-10-13(26)7-12(20)9-19-15(21)11-4-5-14(18-8-11)16(22)24-2;1-13-8(12)6-3-2-5(4-10-6)7(9)11;1-13-8(12)6-3-2-5(4-9-6)7(10)11/h6-8,11,15-16H,1,9-10,12-13H2,2-5H3,(H,24,26);3-5,8,12-13,26H,1,6-7,9-10H2,2H3,(H,19,21);2-4H,1H3;2-4H,1H3,(H,10,11)/t15-,16-;12-,13-;;/m00../s1. The van der Waals surface area contributed by atoms with Crippen molar-refractivity contribution in [3.63, 3.8) is 0 Å². The Bertz CT molecular complexity index is 2940. The highest BCUT2D eigenvalue weighted by atomic mass is 35.5. The largest absolute Gasteiger partial charge is 0.478 e. The summed E-state index contributed by atoms with van der Waals surface area (Å²) in [5.74, 6) is -4.15. The summed E-state index contributed by atoms with van der Waals surface area (Å²) >= 11 is 10.6. The van der Waals surface area contributed by atoms with Crippen molar-refractivity contribution < 1.29 is 91.0 Å². The number of esters is 4. The van der Waals surface area contributed by atoms with E-state index in [2.05, 4.69) is 75.3 Å². The summed E-state index contributed by atoms with van der Waals surface area (Å²) < 4.78 is 33.5. The lowest BCUT2D eigenvalue weighted by molar-refractivity contribution is 0.0585. The van der Waals surface area contributed by atoms with Crippen LogP contribution in [0.2, 0.25) is 0 Å². The molecule has 6 rings (SSSR count). The average Bonchev–Trinajstić information content (AvgIpc) is 3.98. The lowest BCUT2D eigenvalue weighted by atomic mass is 10.2. The highest BCUT2D eigenvalue weighted by molar-refractivity contribution is 8.13. The van der Waals surface area contributed by atoms with Crippen LogP contribution >= 0.6 is 36.0 Å². The molecular formula is C55H63ClN8O19S2. The number of carbonyl (C=O) groups excluding carboxylic acids is 10. The predicted octanol–water partition coefficient (Wildman–Crippen LogP) is 6.14. The molecular weight excluding hydrogens is 1180 g/mol. The summed E-state index contributed by atoms with van der Waals surface area (Å²) in [6.45, 7) is 13.7. The molecule has 0 radical (unpaired) electrons. The summed E-state index contributed by atoms with van der Waals surface area (Å²) in [4.78, 5) is 145. The molecule has 0 spiro atoms. The topological polar surface area (TPSA) is 355 Å². The second kappa shape index (κ2) is 35.2. The average molecular weight is 1240 g/mol. The van der Waals surface area contributed by atoms with Crippen LogP contribution in [0.5, 0.6) is 0 Å². The van der Waals surface area contributed by atoms with Crippen molar-refractivity contribution in [2.45, 2.75) is 61.8 Å². The van der Waals surface area contributed by atoms with E-state index in [9.17, 15) is 52.7 Å². The van der Waals surface area contributed by atoms with E-state index in [4.69, 9.17) is 30.9 Å². The van der Waals surface area contributed by atoms with E-state index < -0.39 is 64.1 Å². The van der Waals surface area contributed by atoms with Crippen molar-refractivity contribution in [2.75, 3.05) is 67.8 Å². The third kappa shape index (κ3) is 23.7. The predicted molar refractivity (Wildman–Crippen MR) is 308 cm³/mol. The maximum Gasteiger partial charge on any atom is 0.410 e. The van der Waals surface area contributed by atoms with Crippen molar-refractivity contribution in [2.24, 2.45) is 0 Å². The maximum absolute atomic E-state index is 12.5. The Morgan fingerprint density at radius 2 is 0.976 bits per heavy atom. The Balaban J connectivity index is 0.000000320. The monoisotopic (exact) mass is 1240 g/mol. The van der Waals surface area contributed by atoms with Crippen molar-refractivity contribution >= 4 is 100 Å². The SMILES string of the molecule is C=CCOC(=O)N1C[C@@H](S)C[C@H]1CNC(=O)c1ccc(C(=O)OC)nc1.C=CCOC(=O)N1C[C@@H](SC(=O)OC(C)(C)C)C[C@H]1CNC(=O)c1ccc(C(=O)OC)nc1.COC(=O)c1ccc(C(=O)Cl)cn1.COC(=O)c1ccc(C(=O)O)cn1. The van der Waals surface area contributed by atoms with E-state index in [1.54, 1.807) is 25.7 Å². The van der Waals surface area contributed by atoms with Crippen molar-refractivity contribution in [1.82, 2.24) is 40.4 Å². The third-order valence-corrected chi connectivity index (χ3v) is 12.7. The number of nitrogens with zero attached hydrogens (tertiary/aromatic N) is 6. The minimum atomic E-state index is -1.08. The number of rotatable bonds is 17. The molecule has 4 atom stereocenters. The van der Waals surface area contributed by atoms with Gasteiger partial charge in [0, 0.05) is 61.5 Å². The molecule has 30 heteroatoms. The van der Waals surface area contributed by atoms with E-state index in [0.717, 1.165) is 18.0 Å². The smallest absolute Gasteiger partial charge is 0.410 e. The summed E-state index contributed by atoms with van der Waals surface area (Å²) in [5.41, 5.74) is 0.659. The number of amides is 4. The summed E-state index contributed by atoms with van der Waals surface area (Å²) in [7, 11) is 4.99. The number of halogens is 1. The number of methoxy groups -OCH3 is 4. The normalized spacial score (nSPS) is 15.5. The highest BCUT2D eigenvalue weighted by Crippen LogP contribution is 2.31. The third-order valence-electron chi connectivity index (χ3n) is 11.2. The van der Waals surface area contributed by atoms with E-state index in [1.165, 1.54) is 113 Å². The zero-order valence-corrected chi connectivity index (χ0v) is 49.6. The first-order valence-corrected chi connectivity index (χ1v) is 26.9. The lowest BCUT2D eigenvalue weighted by Crippen LogP contribution is -2.43. The Labute approximate surface area is 502 Å². The van der Waals surface area contributed by atoms with E-state index >= 15 is 0 Å². The Morgan fingerprint density at radius 1 is 0.612 bits per heavy atom. The van der Waals surface area contributed by atoms with Crippen molar-refractivity contribution in [1.29, 1.82) is 0 Å². The number of likely N-dealkylation sites (tertiary alicyclic amines) is 2. The number of thiol groups is 1. The number of aromatic carboxylic acids is 1. The van der Waals surface area contributed by atoms with Gasteiger partial charge < -0.3 is 58.7 Å². The minimum absolute atomic E-state index is 0.0224. The first-order chi connectivity index (χ1) is 40.3. The van der Waals surface area contributed by atoms with Gasteiger partial charge in [-0.2, -0.15) is 12.6 Å². The molecule has 4 amide bonds. The fourth-order valence-electron chi connectivity index (χ4n) is 7.13. The number of hydrogen-bond acceptors (Lipinski definition) is 24. The van der Waals surface area contributed by atoms with E-state index in [1.807, 2.05) is 0 Å². The Hall–Kier alpha value is -8.96. The van der Waals surface area contributed by atoms with Gasteiger partial charge in [0.1, 0.15) is 41.6 Å². The molecule has 456 valence electrons. The maximum atomic E-state index is 12.5. The van der Waals surface area contributed by atoms with Gasteiger partial charge in [-0.1, -0.05) is 25.3 Å². The second-order valence-corrected chi connectivity index (χ2v) is 20.7. The van der Waals surface area contributed by atoms with Crippen LogP contribution in [-0.4, -0.2) is 195 Å². The number of carboxylic acid groups (broad SMARTS) is 1. The van der Waals surface area contributed by atoms with Crippen LogP contribution in [0.25, 0.3) is 0 Å². The summed E-state index contributed by atoms with van der Waals surface area (Å²) in [6.07, 6.45) is 7.96. The number of aromatic nitrogens is 4. The quantitative estimate of drug-likeness (QED) is 0.0303. The zero-order valence-electron chi connectivity index (χ0n) is 47.2. The van der Waals surface area contributed by atoms with Crippen LogP contribution in [-0.2, 0) is 33.2 Å². The Morgan fingerprint density at radius 3 is 1.31 bits per heavy atom. The molecule has 4 aromatic heterocycles. The lowest BCUT2D eigenvalue weighted by Gasteiger charge is -2.24. The molecule has 0 unspecified atom stereocenters. The number of nitrogens with one attached hydrogen (secondary N) is 2. The van der Waals surface area contributed by atoms with Gasteiger partial charge in [-0.3, -0.25) is 14.4 Å². The molecule has 2 saturated heterocycles. The van der Waals surface area contributed by atoms with Crippen molar-refractivity contribution in [3.05, 3.63) is 144 Å². The van der Waals surface area contributed by atoms with Crippen LogP contribution in [0.3, 0.4) is 0 Å². The molecule has 0 saturated carbocycles. The summed E-state index contributed by atoms with van der Waals surface area (Å²) in [5, 5.41) is 12.8. The molecule has 0 bridgehead atoms. The molecule has 2 aliphatic rings. The number of carbonyl (C=O) groups is 11. The molecule has 85 heavy (non-hydrogen) atoms. The fraction of sp³-hybridized carbons (Fsp3) is 0.364. The fourth-order valence-corrected chi connectivity index (χ4v) is 8.79. The molecule has 0 aromatic carbocycles. The molecule has 6 heterocycles. The number of thioether (sulfide) groups is 1. The van der Waals surface area contributed by atoms with Gasteiger partial charge >= 0.3 is 47.3 Å². The van der Waals surface area contributed by atoms with Crippen LogP contribution in [0.1, 0.15) is 117 Å². The molecule has 0 aliphatic carbocycles. The van der Waals surface area contributed by atoms with Gasteiger partial charge in [-0.15, -0.1) is 0 Å². The molecule has 2 aliphatic heterocycles. The first kappa shape index (κ1) is 70.3. The molecule has 2 fully saturated rings. The first-order valence-electron chi connectivity index (χ1n) is 25.1. The second-order valence-electron chi connectivity index (χ2n) is 18.4. The number of carboxylic acids is 1. The molecule has 3 N–H and O–H groups in total. The van der Waals surface area contributed by atoms with Gasteiger partial charge in [-0.25, -0.2) is 58.3 Å². The highest BCUT2D eigenvalue weighted by Gasteiger charge is 2.39. The molecule has 27 nitrogen and oxygen atoms in total. The number of pyridine rings is 4. The van der Waals surface area contributed by atoms with E-state index in [0.29, 0.717) is 24.9 Å². The zero-order chi connectivity index (χ0) is 63.4. The van der Waals surface area contributed by atoms with Crippen LogP contribution in [0, 0.1) is 0 Å². The van der Waals surface area contributed by atoms with Gasteiger partial charge in [0.2, 0.25) is 0 Å². The van der Waals surface area contributed by atoms with E-state index in [-0.39, 0.29) is 101 Å². The summed E-state index contributed by atoms with van der Waals surface area (Å²) in [6, 6.07) is 10.5. The van der Waals surface area contributed by atoms with Gasteiger partial charge in [0.15, 0.2) is 0 Å².